The molecule has 0 aliphatic heterocycles. The van der Waals surface area contributed by atoms with Crippen LogP contribution in [0.3, 0.4) is 0 Å². The SMILES string of the molecule is NC(COC(F)F)C(=O)CCc1ccccc1. The summed E-state index contributed by atoms with van der Waals surface area (Å²) < 4.78 is 27.4. The van der Waals surface area contributed by atoms with E-state index in [4.69, 9.17) is 5.73 Å². The zero-order chi connectivity index (χ0) is 12.7. The van der Waals surface area contributed by atoms with E-state index in [1.807, 2.05) is 30.3 Å². The minimum absolute atomic E-state index is 0.234. The first-order chi connectivity index (χ1) is 8.09. The standard InChI is InChI=1S/C12H15F2NO2/c13-12(14)17-8-10(15)11(16)7-6-9-4-2-1-3-5-9/h1-5,10,12H,6-8,15H2. The number of nitrogens with two attached hydrogens (primary N) is 1. The Labute approximate surface area is 98.6 Å². The van der Waals surface area contributed by atoms with Gasteiger partial charge in [0.05, 0.1) is 12.6 Å². The van der Waals surface area contributed by atoms with Crippen LogP contribution in [0, 0.1) is 0 Å². The third kappa shape index (κ3) is 5.51. The molecular weight excluding hydrogens is 228 g/mol. The van der Waals surface area contributed by atoms with Crippen molar-refractivity contribution in [2.45, 2.75) is 25.5 Å². The van der Waals surface area contributed by atoms with Crippen molar-refractivity contribution in [3.63, 3.8) is 0 Å². The molecule has 0 saturated carbocycles. The highest BCUT2D eigenvalue weighted by atomic mass is 19.3. The largest absolute Gasteiger partial charge is 0.345 e. The summed E-state index contributed by atoms with van der Waals surface area (Å²) in [6, 6.07) is 8.45. The van der Waals surface area contributed by atoms with Gasteiger partial charge in [-0.2, -0.15) is 8.78 Å². The first-order valence-electron chi connectivity index (χ1n) is 5.31. The van der Waals surface area contributed by atoms with Gasteiger partial charge in [0.1, 0.15) is 0 Å². The number of ether oxygens (including phenoxy) is 1. The number of aryl methyl sites for hydroxylation is 1. The van der Waals surface area contributed by atoms with Gasteiger partial charge in [-0.15, -0.1) is 0 Å². The van der Waals surface area contributed by atoms with Crippen molar-refractivity contribution in [2.24, 2.45) is 5.73 Å². The van der Waals surface area contributed by atoms with E-state index in [1.165, 1.54) is 0 Å². The summed E-state index contributed by atoms with van der Waals surface area (Å²) in [6.45, 7) is -3.33. The van der Waals surface area contributed by atoms with E-state index in [-0.39, 0.29) is 12.2 Å². The molecule has 0 amide bonds. The fourth-order valence-corrected chi connectivity index (χ4v) is 1.37. The second-order valence-electron chi connectivity index (χ2n) is 3.65. The summed E-state index contributed by atoms with van der Waals surface area (Å²) in [5, 5.41) is 0. The molecule has 17 heavy (non-hydrogen) atoms. The molecule has 94 valence electrons. The maximum Gasteiger partial charge on any atom is 0.345 e. The number of alkyl halides is 2. The van der Waals surface area contributed by atoms with Gasteiger partial charge in [-0.05, 0) is 12.0 Å². The molecular formula is C12H15F2NO2. The van der Waals surface area contributed by atoms with Crippen LogP contribution in [0.2, 0.25) is 0 Å². The number of hydrogen-bond acceptors (Lipinski definition) is 3. The number of carbonyl (C=O) groups excluding carboxylic acids is 1. The number of rotatable bonds is 7. The Morgan fingerprint density at radius 3 is 2.53 bits per heavy atom. The predicted molar refractivity (Wildman–Crippen MR) is 59.7 cm³/mol. The van der Waals surface area contributed by atoms with Gasteiger partial charge in [0.15, 0.2) is 5.78 Å². The first kappa shape index (κ1) is 13.7. The molecule has 1 unspecified atom stereocenters. The van der Waals surface area contributed by atoms with Crippen molar-refractivity contribution >= 4 is 5.78 Å². The smallest absolute Gasteiger partial charge is 0.321 e. The van der Waals surface area contributed by atoms with Crippen LogP contribution in [-0.4, -0.2) is 25.0 Å². The Bertz CT molecular complexity index is 344. The number of Topliss-reactive ketones (excluding diaryl/α,β-unsaturated/α-hetero) is 1. The predicted octanol–water partition coefficient (Wildman–Crippen LogP) is 1.75. The maximum atomic E-state index is 11.7. The lowest BCUT2D eigenvalue weighted by molar-refractivity contribution is -0.140. The average molecular weight is 243 g/mol. The summed E-state index contributed by atoms with van der Waals surface area (Å²) in [4.78, 5) is 11.5. The van der Waals surface area contributed by atoms with E-state index in [1.54, 1.807) is 0 Å². The van der Waals surface area contributed by atoms with Crippen LogP contribution in [0.1, 0.15) is 12.0 Å². The Kier molecular flexibility index (Phi) is 5.72. The van der Waals surface area contributed by atoms with E-state index in [0.29, 0.717) is 6.42 Å². The van der Waals surface area contributed by atoms with Crippen LogP contribution >= 0.6 is 0 Å². The van der Waals surface area contributed by atoms with Gasteiger partial charge < -0.3 is 10.5 Å². The summed E-state index contributed by atoms with van der Waals surface area (Å²) in [5.41, 5.74) is 6.44. The molecule has 3 nitrogen and oxygen atoms in total. The highest BCUT2D eigenvalue weighted by Gasteiger charge is 2.15. The van der Waals surface area contributed by atoms with Gasteiger partial charge in [0.2, 0.25) is 0 Å². The molecule has 0 fully saturated rings. The minimum atomic E-state index is -2.89. The van der Waals surface area contributed by atoms with E-state index in [2.05, 4.69) is 4.74 Å². The van der Waals surface area contributed by atoms with Crippen LogP contribution in [0.15, 0.2) is 30.3 Å². The van der Waals surface area contributed by atoms with E-state index < -0.39 is 19.3 Å². The molecule has 0 heterocycles. The molecule has 0 bridgehead atoms. The molecule has 1 atom stereocenters. The first-order valence-corrected chi connectivity index (χ1v) is 5.31. The number of benzene rings is 1. The quantitative estimate of drug-likeness (QED) is 0.793. The number of halogens is 2. The average Bonchev–Trinajstić information content (AvgIpc) is 2.34. The van der Waals surface area contributed by atoms with Crippen LogP contribution in [-0.2, 0) is 16.0 Å². The lowest BCUT2D eigenvalue weighted by Gasteiger charge is -2.10. The zero-order valence-corrected chi connectivity index (χ0v) is 9.31. The minimum Gasteiger partial charge on any atom is -0.321 e. The normalized spacial score (nSPS) is 12.7. The third-order valence-electron chi connectivity index (χ3n) is 2.32. The Balaban J connectivity index is 2.29. The van der Waals surface area contributed by atoms with Crippen molar-refractivity contribution < 1.29 is 18.3 Å². The summed E-state index contributed by atoms with van der Waals surface area (Å²) in [7, 11) is 0. The Morgan fingerprint density at radius 1 is 1.29 bits per heavy atom. The molecule has 1 aromatic carbocycles. The van der Waals surface area contributed by atoms with E-state index in [9.17, 15) is 13.6 Å². The molecule has 0 radical (unpaired) electrons. The number of ketones is 1. The van der Waals surface area contributed by atoms with Gasteiger partial charge in [-0.3, -0.25) is 4.79 Å². The van der Waals surface area contributed by atoms with Crippen molar-refractivity contribution in [1.82, 2.24) is 0 Å². The fraction of sp³-hybridized carbons (Fsp3) is 0.417. The van der Waals surface area contributed by atoms with Crippen molar-refractivity contribution in [1.29, 1.82) is 0 Å². The van der Waals surface area contributed by atoms with Crippen LogP contribution < -0.4 is 5.73 Å². The molecule has 0 spiro atoms. The molecule has 5 heteroatoms. The topological polar surface area (TPSA) is 52.3 Å². The molecule has 0 saturated heterocycles. The van der Waals surface area contributed by atoms with E-state index in [0.717, 1.165) is 5.56 Å². The highest BCUT2D eigenvalue weighted by molar-refractivity contribution is 5.84. The molecule has 0 aliphatic carbocycles. The van der Waals surface area contributed by atoms with Crippen molar-refractivity contribution in [2.75, 3.05) is 6.61 Å². The van der Waals surface area contributed by atoms with Crippen molar-refractivity contribution in [3.8, 4) is 0 Å². The lowest BCUT2D eigenvalue weighted by atomic mass is 10.0. The van der Waals surface area contributed by atoms with Gasteiger partial charge in [-0.1, -0.05) is 30.3 Å². The van der Waals surface area contributed by atoms with Gasteiger partial charge in [0, 0.05) is 6.42 Å². The van der Waals surface area contributed by atoms with Crippen LogP contribution in [0.25, 0.3) is 0 Å². The third-order valence-corrected chi connectivity index (χ3v) is 2.32. The summed E-state index contributed by atoms with van der Waals surface area (Å²) in [5.74, 6) is -0.269. The number of hydrogen-bond donors (Lipinski definition) is 1. The second-order valence-corrected chi connectivity index (χ2v) is 3.65. The van der Waals surface area contributed by atoms with Gasteiger partial charge in [-0.25, -0.2) is 0 Å². The molecule has 1 rings (SSSR count). The van der Waals surface area contributed by atoms with Crippen LogP contribution in [0.5, 0.6) is 0 Å². The molecule has 0 aliphatic rings. The van der Waals surface area contributed by atoms with Crippen LogP contribution in [0.4, 0.5) is 8.78 Å². The van der Waals surface area contributed by atoms with Crippen molar-refractivity contribution in [3.05, 3.63) is 35.9 Å². The zero-order valence-electron chi connectivity index (χ0n) is 9.31. The second kappa shape index (κ2) is 7.09. The summed E-state index contributed by atoms with van der Waals surface area (Å²) >= 11 is 0. The Hall–Kier alpha value is -1.33. The van der Waals surface area contributed by atoms with Gasteiger partial charge >= 0.3 is 6.61 Å². The van der Waals surface area contributed by atoms with E-state index >= 15 is 0 Å². The summed E-state index contributed by atoms with van der Waals surface area (Å²) in [6.07, 6.45) is 0.791. The van der Waals surface area contributed by atoms with Gasteiger partial charge in [0.25, 0.3) is 0 Å². The lowest BCUT2D eigenvalue weighted by Crippen LogP contribution is -2.36. The number of carbonyl (C=O) groups is 1. The fourth-order valence-electron chi connectivity index (χ4n) is 1.37. The highest BCUT2D eigenvalue weighted by Crippen LogP contribution is 2.04. The monoisotopic (exact) mass is 243 g/mol. The Morgan fingerprint density at radius 2 is 1.94 bits per heavy atom. The maximum absolute atomic E-state index is 11.7. The molecule has 1 aromatic rings. The molecule has 2 N–H and O–H groups in total. The molecule has 0 aromatic heterocycles.